The van der Waals surface area contributed by atoms with Gasteiger partial charge in [-0.15, -0.1) is 0 Å². The Morgan fingerprint density at radius 2 is 1.85 bits per heavy atom. The Hall–Kier alpha value is -1.63. The molecule has 0 bridgehead atoms. The highest BCUT2D eigenvalue weighted by molar-refractivity contribution is 6.74. The molecule has 1 aromatic carbocycles. The number of methoxy groups -OCH3 is 1. The minimum absolute atomic E-state index is 0.0928. The van der Waals surface area contributed by atoms with E-state index in [4.69, 9.17) is 9.16 Å². The van der Waals surface area contributed by atoms with Gasteiger partial charge in [0.25, 0.3) is 0 Å². The van der Waals surface area contributed by atoms with Gasteiger partial charge in [0.15, 0.2) is 8.32 Å². The third kappa shape index (κ3) is 6.94. The number of aliphatic hydroxyl groups is 1. The van der Waals surface area contributed by atoms with Crippen molar-refractivity contribution < 1.29 is 19.1 Å². The summed E-state index contributed by atoms with van der Waals surface area (Å²) in [4.78, 5) is 13.7. The molecule has 26 heavy (non-hydrogen) atoms. The van der Waals surface area contributed by atoms with Crippen molar-refractivity contribution in [2.24, 2.45) is 0 Å². The van der Waals surface area contributed by atoms with Crippen LogP contribution in [0.1, 0.15) is 26.3 Å². The van der Waals surface area contributed by atoms with Crippen molar-refractivity contribution in [1.82, 2.24) is 4.90 Å². The molecule has 6 heteroatoms. The zero-order valence-electron chi connectivity index (χ0n) is 17.1. The van der Waals surface area contributed by atoms with Crippen molar-refractivity contribution >= 4 is 20.3 Å². The molecule has 146 valence electrons. The molecule has 0 heterocycles. The maximum absolute atomic E-state index is 12.2. The van der Waals surface area contributed by atoms with Gasteiger partial charge in [-0.05, 0) is 41.9 Å². The minimum atomic E-state index is -1.90. The number of carbonyl (C=O) groups excluding carboxylic acids is 1. The van der Waals surface area contributed by atoms with Crippen molar-refractivity contribution in [3.63, 3.8) is 0 Å². The maximum Gasteiger partial charge on any atom is 0.246 e. The fourth-order valence-electron chi connectivity index (χ4n) is 1.99. The van der Waals surface area contributed by atoms with Gasteiger partial charge in [-0.3, -0.25) is 4.79 Å². The predicted octanol–water partition coefficient (Wildman–Crippen LogP) is 3.55. The second kappa shape index (κ2) is 9.35. The first-order chi connectivity index (χ1) is 12.0. The standard InChI is InChI=1S/C20H33NO4Si/c1-20(2,3)26(6,7)25-15-17(22)14-21(4)19(23)13-10-16-8-11-18(24-5)12-9-16/h8-13,17,22H,14-15H2,1-7H3/b13-10+. The summed E-state index contributed by atoms with van der Waals surface area (Å²) >= 11 is 0. The van der Waals surface area contributed by atoms with Gasteiger partial charge in [0, 0.05) is 19.7 Å². The van der Waals surface area contributed by atoms with Gasteiger partial charge in [-0.2, -0.15) is 0 Å². The van der Waals surface area contributed by atoms with E-state index in [1.165, 1.54) is 11.0 Å². The molecule has 1 aromatic rings. The number of aliphatic hydroxyl groups excluding tert-OH is 1. The van der Waals surface area contributed by atoms with Crippen molar-refractivity contribution in [3.8, 4) is 5.75 Å². The molecule has 0 spiro atoms. The van der Waals surface area contributed by atoms with Gasteiger partial charge in [0.05, 0.1) is 19.8 Å². The minimum Gasteiger partial charge on any atom is -0.497 e. The van der Waals surface area contributed by atoms with Crippen LogP contribution in [-0.4, -0.2) is 57.6 Å². The molecule has 0 fully saturated rings. The second-order valence-electron chi connectivity index (χ2n) is 8.05. The number of nitrogens with zero attached hydrogens (tertiary/aromatic N) is 1. The van der Waals surface area contributed by atoms with Crippen molar-refractivity contribution in [2.75, 3.05) is 27.3 Å². The van der Waals surface area contributed by atoms with E-state index >= 15 is 0 Å². The SMILES string of the molecule is COc1ccc(/C=C/C(=O)N(C)CC(O)CO[Si](C)(C)C(C)(C)C)cc1. The smallest absolute Gasteiger partial charge is 0.246 e. The summed E-state index contributed by atoms with van der Waals surface area (Å²) in [6.07, 6.45) is 2.55. The summed E-state index contributed by atoms with van der Waals surface area (Å²) in [6.45, 7) is 11.2. The van der Waals surface area contributed by atoms with E-state index in [2.05, 4.69) is 33.9 Å². The van der Waals surface area contributed by atoms with Crippen LogP contribution in [0.25, 0.3) is 6.08 Å². The number of amides is 1. The Bertz CT molecular complexity index is 605. The monoisotopic (exact) mass is 379 g/mol. The van der Waals surface area contributed by atoms with E-state index in [0.29, 0.717) is 0 Å². The number of benzene rings is 1. The quantitative estimate of drug-likeness (QED) is 0.554. The van der Waals surface area contributed by atoms with E-state index < -0.39 is 14.4 Å². The number of hydrogen-bond donors (Lipinski definition) is 1. The van der Waals surface area contributed by atoms with E-state index in [0.717, 1.165) is 11.3 Å². The highest BCUT2D eigenvalue weighted by Crippen LogP contribution is 2.36. The molecule has 1 rings (SSSR count). The van der Waals surface area contributed by atoms with Crippen LogP contribution in [0.15, 0.2) is 30.3 Å². The van der Waals surface area contributed by atoms with E-state index in [1.54, 1.807) is 20.2 Å². The van der Waals surface area contributed by atoms with Crippen LogP contribution in [0, 0.1) is 0 Å². The van der Waals surface area contributed by atoms with Crippen LogP contribution in [0.3, 0.4) is 0 Å². The summed E-state index contributed by atoms with van der Waals surface area (Å²) < 4.78 is 11.1. The summed E-state index contributed by atoms with van der Waals surface area (Å²) in [5, 5.41) is 10.3. The molecule has 0 saturated heterocycles. The largest absolute Gasteiger partial charge is 0.497 e. The first-order valence-electron chi connectivity index (χ1n) is 8.85. The van der Waals surface area contributed by atoms with Gasteiger partial charge < -0.3 is 19.2 Å². The molecule has 0 aliphatic rings. The van der Waals surface area contributed by atoms with Crippen LogP contribution >= 0.6 is 0 Å². The fraction of sp³-hybridized carbons (Fsp3) is 0.550. The Labute approximate surface area is 158 Å². The molecule has 0 aromatic heterocycles. The fourth-order valence-corrected chi connectivity index (χ4v) is 3.03. The average Bonchev–Trinajstić information content (AvgIpc) is 2.57. The summed E-state index contributed by atoms with van der Waals surface area (Å²) in [7, 11) is 1.39. The predicted molar refractivity (Wildman–Crippen MR) is 109 cm³/mol. The molecule has 1 unspecified atom stereocenters. The van der Waals surface area contributed by atoms with Crippen LogP contribution < -0.4 is 4.74 Å². The van der Waals surface area contributed by atoms with Gasteiger partial charge in [-0.1, -0.05) is 32.9 Å². The van der Waals surface area contributed by atoms with Crippen LogP contribution in [-0.2, 0) is 9.22 Å². The average molecular weight is 380 g/mol. The Morgan fingerprint density at radius 3 is 2.35 bits per heavy atom. The molecular weight excluding hydrogens is 346 g/mol. The lowest BCUT2D eigenvalue weighted by Crippen LogP contribution is -2.44. The van der Waals surface area contributed by atoms with E-state index in [9.17, 15) is 9.90 Å². The van der Waals surface area contributed by atoms with Gasteiger partial charge in [-0.25, -0.2) is 0 Å². The molecule has 0 saturated carbocycles. The number of likely N-dealkylation sites (N-methyl/N-ethyl adjacent to an activating group) is 1. The lowest BCUT2D eigenvalue weighted by Gasteiger charge is -2.37. The molecular formula is C20H33NO4Si. The van der Waals surface area contributed by atoms with Crippen molar-refractivity contribution in [1.29, 1.82) is 0 Å². The van der Waals surface area contributed by atoms with Crippen molar-refractivity contribution in [3.05, 3.63) is 35.9 Å². The number of rotatable bonds is 8. The molecule has 1 atom stereocenters. The Kier molecular flexibility index (Phi) is 8.05. The van der Waals surface area contributed by atoms with Gasteiger partial charge >= 0.3 is 0 Å². The summed E-state index contributed by atoms with van der Waals surface area (Å²) in [5.41, 5.74) is 0.911. The number of ether oxygens (including phenoxy) is 1. The summed E-state index contributed by atoms with van der Waals surface area (Å²) in [6, 6.07) is 7.45. The molecule has 0 radical (unpaired) electrons. The maximum atomic E-state index is 12.2. The lowest BCUT2D eigenvalue weighted by molar-refractivity contribution is -0.126. The Balaban J connectivity index is 2.51. The first kappa shape index (κ1) is 22.4. The van der Waals surface area contributed by atoms with Crippen molar-refractivity contribution in [2.45, 2.75) is 45.0 Å². The zero-order chi connectivity index (χ0) is 20.0. The van der Waals surface area contributed by atoms with Gasteiger partial charge in [0.2, 0.25) is 5.91 Å². The van der Waals surface area contributed by atoms with E-state index in [-0.39, 0.29) is 24.1 Å². The van der Waals surface area contributed by atoms with Crippen LogP contribution in [0.2, 0.25) is 18.1 Å². The molecule has 0 aliphatic heterocycles. The molecule has 1 N–H and O–H groups in total. The highest BCUT2D eigenvalue weighted by Gasteiger charge is 2.37. The number of hydrogen-bond acceptors (Lipinski definition) is 4. The first-order valence-corrected chi connectivity index (χ1v) is 11.8. The number of carbonyl (C=O) groups is 1. The summed E-state index contributed by atoms with van der Waals surface area (Å²) in [5.74, 6) is 0.614. The third-order valence-electron chi connectivity index (χ3n) is 4.84. The normalized spacial score (nSPS) is 13.7. The lowest BCUT2D eigenvalue weighted by atomic mass is 10.2. The molecule has 0 aliphatic carbocycles. The van der Waals surface area contributed by atoms with Crippen LogP contribution in [0.4, 0.5) is 0 Å². The second-order valence-corrected chi connectivity index (χ2v) is 12.9. The zero-order valence-corrected chi connectivity index (χ0v) is 18.1. The highest BCUT2D eigenvalue weighted by atomic mass is 28.4. The van der Waals surface area contributed by atoms with Gasteiger partial charge in [0.1, 0.15) is 5.75 Å². The third-order valence-corrected chi connectivity index (χ3v) is 9.34. The molecule has 5 nitrogen and oxygen atoms in total. The molecule has 1 amide bonds. The van der Waals surface area contributed by atoms with E-state index in [1.807, 2.05) is 24.3 Å². The Morgan fingerprint density at radius 1 is 1.27 bits per heavy atom. The van der Waals surface area contributed by atoms with Crippen LogP contribution in [0.5, 0.6) is 5.75 Å². The topological polar surface area (TPSA) is 59.0 Å².